The lowest BCUT2D eigenvalue weighted by molar-refractivity contribution is -0.140. The lowest BCUT2D eigenvalue weighted by atomic mass is 10.0. The van der Waals surface area contributed by atoms with Crippen LogP contribution in [-0.2, 0) is 32.6 Å². The number of methoxy groups -OCH3 is 2. The minimum atomic E-state index is -4.29. The number of carbonyl (C=O) groups is 2. The van der Waals surface area contributed by atoms with Gasteiger partial charge in [-0.25, -0.2) is 8.42 Å². The van der Waals surface area contributed by atoms with Crippen molar-refractivity contribution in [2.45, 2.75) is 37.8 Å². The molecule has 0 spiro atoms. The molecule has 0 heterocycles. The summed E-state index contributed by atoms with van der Waals surface area (Å²) in [5.41, 5.74) is 2.97. The second-order valence-electron chi connectivity index (χ2n) is 10.4. The Morgan fingerprint density at radius 2 is 1.44 bits per heavy atom. The van der Waals surface area contributed by atoms with Crippen LogP contribution in [0.5, 0.6) is 11.5 Å². The van der Waals surface area contributed by atoms with Gasteiger partial charge in [0.15, 0.2) is 11.5 Å². The van der Waals surface area contributed by atoms with Crippen LogP contribution in [0.1, 0.15) is 23.6 Å². The molecule has 0 unspecified atom stereocenters. The maximum atomic E-state index is 14.5. The van der Waals surface area contributed by atoms with E-state index in [-0.39, 0.29) is 29.5 Å². The highest BCUT2D eigenvalue weighted by molar-refractivity contribution is 7.92. The topological polar surface area (TPSA) is 105 Å². The smallest absolute Gasteiger partial charge is 0.264 e. The monoisotopic (exact) mass is 629 g/mol. The molecule has 0 fully saturated rings. The van der Waals surface area contributed by atoms with Crippen molar-refractivity contribution in [3.8, 4) is 11.5 Å². The van der Waals surface area contributed by atoms with Crippen molar-refractivity contribution in [2.75, 3.05) is 31.6 Å². The SMILES string of the molecule is CCNC(=O)[C@@H](Cc1ccccc1)N(Cc1ccccc1C)C(=O)CN(c1ccccc1)S(=O)(=O)c1ccc(OC)c(OC)c1. The van der Waals surface area contributed by atoms with E-state index in [1.165, 1.54) is 37.3 Å². The number of nitrogens with one attached hydrogen (secondary N) is 1. The lowest BCUT2D eigenvalue weighted by Crippen LogP contribution is -2.53. The minimum absolute atomic E-state index is 0.0770. The average molecular weight is 630 g/mol. The molecule has 236 valence electrons. The number of benzene rings is 4. The van der Waals surface area contributed by atoms with Crippen LogP contribution in [0, 0.1) is 6.92 Å². The number of nitrogens with zero attached hydrogens (tertiary/aromatic N) is 2. The molecule has 9 nitrogen and oxygen atoms in total. The van der Waals surface area contributed by atoms with Crippen molar-refractivity contribution >= 4 is 27.5 Å². The molecule has 45 heavy (non-hydrogen) atoms. The molecule has 4 aromatic rings. The fraction of sp³-hybridized carbons (Fsp3) is 0.257. The summed E-state index contributed by atoms with van der Waals surface area (Å²) in [6.07, 6.45) is 0.248. The highest BCUT2D eigenvalue weighted by Gasteiger charge is 2.35. The number of amides is 2. The second-order valence-corrected chi connectivity index (χ2v) is 12.3. The Hall–Kier alpha value is -4.83. The molecule has 0 aromatic heterocycles. The number of anilines is 1. The van der Waals surface area contributed by atoms with Crippen LogP contribution in [0.25, 0.3) is 0 Å². The number of carbonyl (C=O) groups excluding carboxylic acids is 2. The van der Waals surface area contributed by atoms with Crippen LogP contribution in [0.4, 0.5) is 5.69 Å². The van der Waals surface area contributed by atoms with Crippen molar-refractivity contribution in [1.29, 1.82) is 0 Å². The third kappa shape index (κ3) is 8.02. The van der Waals surface area contributed by atoms with Gasteiger partial charge in [-0.2, -0.15) is 0 Å². The van der Waals surface area contributed by atoms with E-state index < -0.39 is 28.5 Å². The van der Waals surface area contributed by atoms with E-state index in [9.17, 15) is 18.0 Å². The van der Waals surface area contributed by atoms with Gasteiger partial charge in [0.1, 0.15) is 12.6 Å². The first-order valence-corrected chi connectivity index (χ1v) is 16.1. The highest BCUT2D eigenvalue weighted by Crippen LogP contribution is 2.32. The van der Waals surface area contributed by atoms with Gasteiger partial charge < -0.3 is 19.7 Å². The standard InChI is InChI=1S/C35H39N3O6S/c1-5-36-35(40)31(22-27-15-8-6-9-16-27)37(24-28-17-13-12-14-26(28)2)34(39)25-38(29-18-10-7-11-19-29)45(41,42)30-20-21-32(43-3)33(23-30)44-4/h6-21,23,31H,5,22,24-25H2,1-4H3,(H,36,40)/t31-/m1/s1. The third-order valence-corrected chi connectivity index (χ3v) is 9.26. The summed E-state index contributed by atoms with van der Waals surface area (Å²) in [5.74, 6) is -0.247. The summed E-state index contributed by atoms with van der Waals surface area (Å²) >= 11 is 0. The van der Waals surface area contributed by atoms with Gasteiger partial charge in [0.05, 0.1) is 24.8 Å². The van der Waals surface area contributed by atoms with Gasteiger partial charge in [0, 0.05) is 25.6 Å². The fourth-order valence-corrected chi connectivity index (χ4v) is 6.47. The summed E-state index contributed by atoms with van der Waals surface area (Å²) in [5, 5.41) is 2.88. The highest BCUT2D eigenvalue weighted by atomic mass is 32.2. The van der Waals surface area contributed by atoms with Gasteiger partial charge in [0.25, 0.3) is 10.0 Å². The second kappa shape index (κ2) is 15.3. The normalized spacial score (nSPS) is 11.7. The Balaban J connectivity index is 1.81. The molecule has 10 heteroatoms. The zero-order chi connectivity index (χ0) is 32.4. The number of aryl methyl sites for hydroxylation is 1. The van der Waals surface area contributed by atoms with E-state index in [0.717, 1.165) is 21.0 Å². The van der Waals surface area contributed by atoms with Crippen molar-refractivity contribution in [3.05, 3.63) is 120 Å². The lowest BCUT2D eigenvalue weighted by Gasteiger charge is -2.34. The van der Waals surface area contributed by atoms with E-state index in [0.29, 0.717) is 18.0 Å². The summed E-state index contributed by atoms with van der Waals surface area (Å²) in [6, 6.07) is 28.9. The van der Waals surface area contributed by atoms with Crippen molar-refractivity contribution in [2.24, 2.45) is 0 Å². The molecular weight excluding hydrogens is 590 g/mol. The molecule has 0 aliphatic rings. The Kier molecular flexibility index (Phi) is 11.2. The summed E-state index contributed by atoms with van der Waals surface area (Å²) < 4.78 is 40.2. The van der Waals surface area contributed by atoms with Crippen LogP contribution in [0.3, 0.4) is 0 Å². The predicted molar refractivity (Wildman–Crippen MR) is 175 cm³/mol. The summed E-state index contributed by atoms with van der Waals surface area (Å²) in [7, 11) is -1.40. The van der Waals surface area contributed by atoms with E-state index in [1.807, 2.05) is 68.4 Å². The molecule has 4 aromatic carbocycles. The first-order valence-electron chi connectivity index (χ1n) is 14.6. The molecule has 1 atom stereocenters. The number of likely N-dealkylation sites (N-methyl/N-ethyl adjacent to an activating group) is 1. The fourth-order valence-electron chi connectivity index (χ4n) is 5.04. The Morgan fingerprint density at radius 3 is 2.07 bits per heavy atom. The van der Waals surface area contributed by atoms with Crippen molar-refractivity contribution in [3.63, 3.8) is 0 Å². The van der Waals surface area contributed by atoms with Crippen LogP contribution >= 0.6 is 0 Å². The first kappa shape index (κ1) is 33.1. The van der Waals surface area contributed by atoms with Crippen LogP contribution in [0.15, 0.2) is 108 Å². The Morgan fingerprint density at radius 1 is 0.822 bits per heavy atom. The molecule has 4 rings (SSSR count). The average Bonchev–Trinajstić information content (AvgIpc) is 3.06. The molecular formula is C35H39N3O6S. The van der Waals surface area contributed by atoms with Gasteiger partial charge in [0.2, 0.25) is 11.8 Å². The molecule has 1 N–H and O–H groups in total. The van der Waals surface area contributed by atoms with E-state index in [4.69, 9.17) is 9.47 Å². The zero-order valence-electron chi connectivity index (χ0n) is 26.0. The van der Waals surface area contributed by atoms with Gasteiger partial charge >= 0.3 is 0 Å². The van der Waals surface area contributed by atoms with E-state index in [2.05, 4.69) is 5.32 Å². The van der Waals surface area contributed by atoms with E-state index in [1.54, 1.807) is 30.3 Å². The molecule has 0 aliphatic heterocycles. The van der Waals surface area contributed by atoms with E-state index >= 15 is 0 Å². The number of hydrogen-bond donors (Lipinski definition) is 1. The summed E-state index contributed by atoms with van der Waals surface area (Å²) in [6.45, 7) is 3.70. The van der Waals surface area contributed by atoms with Gasteiger partial charge in [-0.15, -0.1) is 0 Å². The predicted octanol–water partition coefficient (Wildman–Crippen LogP) is 4.98. The number of sulfonamides is 1. The number of rotatable bonds is 14. The van der Waals surface area contributed by atoms with Crippen molar-refractivity contribution < 1.29 is 27.5 Å². The minimum Gasteiger partial charge on any atom is -0.493 e. The molecule has 0 saturated heterocycles. The molecule has 0 aliphatic carbocycles. The third-order valence-electron chi connectivity index (χ3n) is 7.49. The maximum absolute atomic E-state index is 14.5. The molecule has 2 amide bonds. The Labute approximate surface area is 265 Å². The zero-order valence-corrected chi connectivity index (χ0v) is 26.8. The van der Waals surface area contributed by atoms with Crippen LogP contribution in [-0.4, -0.2) is 58.5 Å². The van der Waals surface area contributed by atoms with Gasteiger partial charge in [-0.05, 0) is 54.8 Å². The van der Waals surface area contributed by atoms with Crippen LogP contribution in [0.2, 0.25) is 0 Å². The molecule has 0 bridgehead atoms. The first-order chi connectivity index (χ1) is 21.7. The quantitative estimate of drug-likeness (QED) is 0.211. The molecule has 0 saturated carbocycles. The number of para-hydroxylation sites is 1. The van der Waals surface area contributed by atoms with Crippen LogP contribution < -0.4 is 19.1 Å². The van der Waals surface area contributed by atoms with Gasteiger partial charge in [-0.3, -0.25) is 13.9 Å². The largest absolute Gasteiger partial charge is 0.493 e. The van der Waals surface area contributed by atoms with Gasteiger partial charge in [-0.1, -0.05) is 72.8 Å². The molecule has 0 radical (unpaired) electrons. The number of ether oxygens (including phenoxy) is 2. The van der Waals surface area contributed by atoms with Crippen molar-refractivity contribution in [1.82, 2.24) is 10.2 Å². The number of hydrogen-bond acceptors (Lipinski definition) is 6. The Bertz CT molecular complexity index is 1700. The maximum Gasteiger partial charge on any atom is 0.264 e. The summed E-state index contributed by atoms with van der Waals surface area (Å²) in [4.78, 5) is 29.5.